The molecule has 0 spiro atoms. The molecule has 0 saturated heterocycles. The molecule has 1 aromatic carbocycles. The summed E-state index contributed by atoms with van der Waals surface area (Å²) in [5.74, 6) is -0.804. The van der Waals surface area contributed by atoms with E-state index >= 15 is 0 Å². The van der Waals surface area contributed by atoms with Crippen LogP contribution in [0.15, 0.2) is 29.6 Å². The van der Waals surface area contributed by atoms with Crippen LogP contribution in [0.3, 0.4) is 0 Å². The molecule has 2 rings (SSSR count). The number of hydrogen-bond donors (Lipinski definition) is 2. The van der Waals surface area contributed by atoms with Crippen LogP contribution in [0.1, 0.15) is 9.67 Å². The van der Waals surface area contributed by atoms with Crippen molar-refractivity contribution >= 4 is 22.9 Å². The number of halogens is 1. The van der Waals surface area contributed by atoms with Gasteiger partial charge in [0.05, 0.1) is 12.0 Å². The van der Waals surface area contributed by atoms with E-state index in [0.717, 1.165) is 11.3 Å². The molecule has 0 atom stereocenters. The van der Waals surface area contributed by atoms with Crippen LogP contribution in [0.2, 0.25) is 0 Å². The fourth-order valence-corrected chi connectivity index (χ4v) is 2.04. The molecule has 0 unspecified atom stereocenters. The fraction of sp³-hybridized carbons (Fsp3) is 0.0833. The number of methoxy groups -OCH3 is 1. The number of rotatable bonds is 3. The summed E-state index contributed by atoms with van der Waals surface area (Å²) < 4.78 is 18.2. The van der Waals surface area contributed by atoms with Gasteiger partial charge in [-0.3, -0.25) is 4.79 Å². The molecule has 4 nitrogen and oxygen atoms in total. The minimum atomic E-state index is -0.552. The highest BCUT2D eigenvalue weighted by molar-refractivity contribution is 7.12. The zero-order valence-electron chi connectivity index (χ0n) is 9.44. The first kappa shape index (κ1) is 12.4. The Labute approximate surface area is 107 Å². The molecule has 1 heterocycles. The van der Waals surface area contributed by atoms with E-state index in [9.17, 15) is 9.18 Å². The van der Waals surface area contributed by atoms with Gasteiger partial charge in [0.25, 0.3) is 5.91 Å². The third-order valence-corrected chi connectivity index (χ3v) is 3.14. The summed E-state index contributed by atoms with van der Waals surface area (Å²) in [7, 11) is 1.37. The lowest BCUT2D eigenvalue weighted by atomic mass is 10.3. The smallest absolute Gasteiger partial charge is 0.265 e. The van der Waals surface area contributed by atoms with Gasteiger partial charge in [0.1, 0.15) is 5.75 Å². The minimum absolute atomic E-state index is 0.0334. The van der Waals surface area contributed by atoms with Crippen molar-refractivity contribution in [1.29, 1.82) is 0 Å². The number of hydrogen-bond acceptors (Lipinski definition) is 4. The number of benzene rings is 1. The number of amides is 1. The number of aromatic hydroxyl groups is 1. The molecule has 2 aromatic rings. The minimum Gasteiger partial charge on any atom is -0.507 e. The van der Waals surface area contributed by atoms with Gasteiger partial charge in [0.2, 0.25) is 0 Å². The van der Waals surface area contributed by atoms with Crippen molar-refractivity contribution in [2.75, 3.05) is 12.4 Å². The summed E-state index contributed by atoms with van der Waals surface area (Å²) in [6.07, 6.45) is 0. The van der Waals surface area contributed by atoms with Crippen LogP contribution < -0.4 is 10.1 Å². The fourth-order valence-electron chi connectivity index (χ4n) is 1.38. The van der Waals surface area contributed by atoms with E-state index < -0.39 is 11.7 Å². The molecule has 0 aliphatic heterocycles. The van der Waals surface area contributed by atoms with Gasteiger partial charge in [0, 0.05) is 23.2 Å². The van der Waals surface area contributed by atoms with Crippen molar-refractivity contribution in [1.82, 2.24) is 0 Å². The number of ether oxygens (including phenoxy) is 1. The molecule has 0 radical (unpaired) electrons. The van der Waals surface area contributed by atoms with Crippen molar-refractivity contribution in [3.63, 3.8) is 0 Å². The Hall–Kier alpha value is -2.08. The standard InChI is InChI=1S/C12H10FNO3S/c1-17-10-3-2-7(4-9(10)13)14-12(16)11-5-8(15)6-18-11/h2-6,15H,1H3,(H,14,16). The second-order valence-corrected chi connectivity index (χ2v) is 4.38. The molecule has 0 fully saturated rings. The average Bonchev–Trinajstić information content (AvgIpc) is 2.76. The highest BCUT2D eigenvalue weighted by atomic mass is 32.1. The quantitative estimate of drug-likeness (QED) is 0.899. The molecule has 1 amide bonds. The predicted octanol–water partition coefficient (Wildman–Crippen LogP) is 2.85. The van der Waals surface area contributed by atoms with Crippen LogP contribution in [-0.4, -0.2) is 18.1 Å². The van der Waals surface area contributed by atoms with Gasteiger partial charge in [-0.25, -0.2) is 4.39 Å². The van der Waals surface area contributed by atoms with E-state index in [1.54, 1.807) is 0 Å². The molecule has 6 heteroatoms. The summed E-state index contributed by atoms with van der Waals surface area (Å²) in [6.45, 7) is 0. The molecule has 0 aliphatic rings. The SMILES string of the molecule is COc1ccc(NC(=O)c2cc(O)cs2)cc1F. The summed E-state index contributed by atoms with van der Waals surface area (Å²) >= 11 is 1.11. The third-order valence-electron chi connectivity index (χ3n) is 2.22. The van der Waals surface area contributed by atoms with E-state index in [2.05, 4.69) is 5.32 Å². The van der Waals surface area contributed by atoms with E-state index in [-0.39, 0.29) is 11.5 Å². The first-order chi connectivity index (χ1) is 8.60. The average molecular weight is 267 g/mol. The van der Waals surface area contributed by atoms with Gasteiger partial charge >= 0.3 is 0 Å². The van der Waals surface area contributed by atoms with E-state index in [1.165, 1.54) is 36.8 Å². The zero-order valence-corrected chi connectivity index (χ0v) is 10.3. The van der Waals surface area contributed by atoms with Crippen LogP contribution in [-0.2, 0) is 0 Å². The Morgan fingerprint density at radius 2 is 2.22 bits per heavy atom. The Kier molecular flexibility index (Phi) is 3.47. The van der Waals surface area contributed by atoms with Crippen LogP contribution in [0.25, 0.3) is 0 Å². The van der Waals surface area contributed by atoms with Gasteiger partial charge in [0.15, 0.2) is 11.6 Å². The van der Waals surface area contributed by atoms with Crippen molar-refractivity contribution in [2.24, 2.45) is 0 Å². The Balaban J connectivity index is 2.14. The first-order valence-electron chi connectivity index (χ1n) is 5.02. The number of anilines is 1. The first-order valence-corrected chi connectivity index (χ1v) is 5.90. The molecule has 94 valence electrons. The Bertz CT molecular complexity index is 582. The van der Waals surface area contributed by atoms with Crippen molar-refractivity contribution in [3.8, 4) is 11.5 Å². The highest BCUT2D eigenvalue weighted by Gasteiger charge is 2.10. The maximum atomic E-state index is 13.4. The second kappa shape index (κ2) is 5.05. The second-order valence-electron chi connectivity index (χ2n) is 3.47. The molecule has 0 aliphatic carbocycles. The van der Waals surface area contributed by atoms with Crippen molar-refractivity contribution < 1.29 is 19.0 Å². The maximum Gasteiger partial charge on any atom is 0.265 e. The number of carbonyl (C=O) groups is 1. The van der Waals surface area contributed by atoms with Crippen LogP contribution in [0, 0.1) is 5.82 Å². The van der Waals surface area contributed by atoms with Gasteiger partial charge in [-0.1, -0.05) is 0 Å². The lowest BCUT2D eigenvalue weighted by molar-refractivity contribution is 0.103. The van der Waals surface area contributed by atoms with E-state index in [1.807, 2.05) is 0 Å². The highest BCUT2D eigenvalue weighted by Crippen LogP contribution is 2.23. The van der Waals surface area contributed by atoms with Gasteiger partial charge in [-0.2, -0.15) is 0 Å². The summed E-state index contributed by atoms with van der Waals surface area (Å²) in [5, 5.41) is 13.1. The van der Waals surface area contributed by atoms with Gasteiger partial charge in [-0.15, -0.1) is 11.3 Å². The predicted molar refractivity (Wildman–Crippen MR) is 66.9 cm³/mol. The Morgan fingerprint density at radius 1 is 1.44 bits per heavy atom. The monoisotopic (exact) mass is 267 g/mol. The molecular formula is C12H10FNO3S. The van der Waals surface area contributed by atoms with Crippen LogP contribution in [0.4, 0.5) is 10.1 Å². The van der Waals surface area contributed by atoms with Crippen LogP contribution in [0.5, 0.6) is 11.5 Å². The lowest BCUT2D eigenvalue weighted by Crippen LogP contribution is -2.10. The van der Waals surface area contributed by atoms with Crippen molar-refractivity contribution in [2.45, 2.75) is 0 Å². The van der Waals surface area contributed by atoms with Crippen molar-refractivity contribution in [3.05, 3.63) is 40.3 Å². The lowest BCUT2D eigenvalue weighted by Gasteiger charge is -2.06. The van der Waals surface area contributed by atoms with E-state index in [0.29, 0.717) is 10.6 Å². The van der Waals surface area contributed by atoms with Gasteiger partial charge < -0.3 is 15.2 Å². The molecular weight excluding hydrogens is 257 g/mol. The molecule has 1 aromatic heterocycles. The van der Waals surface area contributed by atoms with Crippen LogP contribution >= 0.6 is 11.3 Å². The normalized spacial score (nSPS) is 10.1. The number of nitrogens with one attached hydrogen (secondary N) is 1. The third kappa shape index (κ3) is 2.60. The van der Waals surface area contributed by atoms with E-state index in [4.69, 9.17) is 9.84 Å². The summed E-state index contributed by atoms with van der Waals surface area (Å²) in [4.78, 5) is 12.1. The number of carbonyl (C=O) groups excluding carboxylic acids is 1. The van der Waals surface area contributed by atoms with Gasteiger partial charge in [-0.05, 0) is 12.1 Å². The molecule has 18 heavy (non-hydrogen) atoms. The largest absolute Gasteiger partial charge is 0.507 e. The maximum absolute atomic E-state index is 13.4. The molecule has 0 bridgehead atoms. The summed E-state index contributed by atoms with van der Waals surface area (Å²) in [5.41, 5.74) is 0.325. The zero-order chi connectivity index (χ0) is 13.1. The molecule has 0 saturated carbocycles. The number of thiophene rings is 1. The Morgan fingerprint density at radius 3 is 2.78 bits per heavy atom. The summed E-state index contributed by atoms with van der Waals surface area (Å²) in [6, 6.07) is 5.48. The molecule has 2 N–H and O–H groups in total. The topological polar surface area (TPSA) is 58.6 Å².